The van der Waals surface area contributed by atoms with Crippen LogP contribution in [0.4, 0.5) is 10.1 Å². The number of amides is 2. The molecule has 130 valence electrons. The number of anilines is 1. The zero-order valence-electron chi connectivity index (χ0n) is 14.0. The van der Waals surface area contributed by atoms with Crippen molar-refractivity contribution in [3.05, 3.63) is 65.0 Å². The van der Waals surface area contributed by atoms with Gasteiger partial charge in [0.25, 0.3) is 0 Å². The van der Waals surface area contributed by atoms with E-state index in [4.69, 9.17) is 5.73 Å². The summed E-state index contributed by atoms with van der Waals surface area (Å²) >= 11 is 0. The third-order valence-corrected chi connectivity index (χ3v) is 3.92. The van der Waals surface area contributed by atoms with Gasteiger partial charge in [0.15, 0.2) is 5.78 Å². The molecule has 0 spiro atoms. The second kappa shape index (κ2) is 7.70. The fraction of sp³-hybridized carbons (Fsp3) is 0.211. The number of Topliss-reactive ketones (excluding diaryl/α,β-unsaturated/α-hetero) is 1. The highest BCUT2D eigenvalue weighted by Crippen LogP contribution is 2.20. The Balaban J connectivity index is 2.06. The van der Waals surface area contributed by atoms with E-state index in [0.717, 1.165) is 6.07 Å². The van der Waals surface area contributed by atoms with Crippen molar-refractivity contribution in [3.63, 3.8) is 0 Å². The third kappa shape index (κ3) is 4.50. The Labute approximate surface area is 145 Å². The molecule has 2 amide bonds. The summed E-state index contributed by atoms with van der Waals surface area (Å²) in [6.45, 7) is 3.29. The quantitative estimate of drug-likeness (QED) is 0.791. The molecule has 2 rings (SSSR count). The van der Waals surface area contributed by atoms with Crippen molar-refractivity contribution in [2.75, 3.05) is 5.32 Å². The minimum atomic E-state index is -0.610. The molecule has 0 saturated heterocycles. The highest BCUT2D eigenvalue weighted by Gasteiger charge is 2.20. The summed E-state index contributed by atoms with van der Waals surface area (Å²) in [4.78, 5) is 35.8. The lowest BCUT2D eigenvalue weighted by Crippen LogP contribution is -2.21. The van der Waals surface area contributed by atoms with Crippen molar-refractivity contribution in [1.82, 2.24) is 0 Å². The summed E-state index contributed by atoms with van der Waals surface area (Å²) in [5.41, 5.74) is 6.86. The highest BCUT2D eigenvalue weighted by atomic mass is 19.1. The highest BCUT2D eigenvalue weighted by molar-refractivity contribution is 6.02. The number of carbonyl (C=O) groups is 3. The SMILES string of the molecule is Cc1c(NC(=O)CC(C)C(=O)c2cccc(F)c2)cccc1C(N)=O. The maximum Gasteiger partial charge on any atom is 0.249 e. The molecule has 0 radical (unpaired) electrons. The van der Waals surface area contributed by atoms with Gasteiger partial charge in [0, 0.05) is 29.2 Å². The molecule has 0 saturated carbocycles. The standard InChI is InChI=1S/C19H19FN2O3/c1-11(18(24)13-5-3-6-14(20)10-13)9-17(23)22-16-8-4-7-15(12(16)2)19(21)25/h3-8,10-11H,9H2,1-2H3,(H2,21,25)(H,22,23). The molecule has 0 fully saturated rings. The van der Waals surface area contributed by atoms with Gasteiger partial charge in [-0.3, -0.25) is 14.4 Å². The lowest BCUT2D eigenvalue weighted by molar-refractivity contribution is -0.116. The second-order valence-corrected chi connectivity index (χ2v) is 5.87. The van der Waals surface area contributed by atoms with Crippen LogP contribution in [0.15, 0.2) is 42.5 Å². The van der Waals surface area contributed by atoms with Gasteiger partial charge in [0.2, 0.25) is 11.8 Å². The van der Waals surface area contributed by atoms with Crippen LogP contribution in [0.3, 0.4) is 0 Å². The molecule has 0 aliphatic carbocycles. The van der Waals surface area contributed by atoms with E-state index in [1.807, 2.05) is 0 Å². The fourth-order valence-electron chi connectivity index (χ4n) is 2.54. The van der Waals surface area contributed by atoms with Crippen molar-refractivity contribution >= 4 is 23.3 Å². The fourth-order valence-corrected chi connectivity index (χ4v) is 2.54. The zero-order chi connectivity index (χ0) is 18.6. The van der Waals surface area contributed by atoms with Crippen LogP contribution in [-0.2, 0) is 4.79 Å². The number of carbonyl (C=O) groups excluding carboxylic acids is 3. The predicted octanol–water partition coefficient (Wildman–Crippen LogP) is 3.08. The van der Waals surface area contributed by atoms with E-state index in [1.54, 1.807) is 32.0 Å². The van der Waals surface area contributed by atoms with Crippen LogP contribution in [-0.4, -0.2) is 17.6 Å². The van der Waals surface area contributed by atoms with Crippen molar-refractivity contribution in [2.24, 2.45) is 11.7 Å². The lowest BCUT2D eigenvalue weighted by Gasteiger charge is -2.13. The Morgan fingerprint density at radius 2 is 1.84 bits per heavy atom. The topological polar surface area (TPSA) is 89.3 Å². The van der Waals surface area contributed by atoms with Gasteiger partial charge in [-0.2, -0.15) is 0 Å². The number of nitrogens with one attached hydrogen (secondary N) is 1. The van der Waals surface area contributed by atoms with Crippen molar-refractivity contribution < 1.29 is 18.8 Å². The largest absolute Gasteiger partial charge is 0.366 e. The number of nitrogens with two attached hydrogens (primary N) is 1. The number of hydrogen-bond donors (Lipinski definition) is 2. The minimum Gasteiger partial charge on any atom is -0.366 e. The van der Waals surface area contributed by atoms with Crippen LogP contribution in [0.2, 0.25) is 0 Å². The van der Waals surface area contributed by atoms with Crippen LogP contribution >= 0.6 is 0 Å². The molecule has 0 aromatic heterocycles. The van der Waals surface area contributed by atoms with Gasteiger partial charge >= 0.3 is 0 Å². The van der Waals surface area contributed by atoms with Crippen molar-refractivity contribution in [1.29, 1.82) is 0 Å². The van der Waals surface area contributed by atoms with Crippen molar-refractivity contribution in [3.8, 4) is 0 Å². The molecule has 0 aliphatic rings. The van der Waals surface area contributed by atoms with Crippen LogP contribution in [0.1, 0.15) is 39.6 Å². The molecule has 0 aliphatic heterocycles. The summed E-state index contributed by atoms with van der Waals surface area (Å²) in [6, 6.07) is 10.2. The Morgan fingerprint density at radius 1 is 1.16 bits per heavy atom. The Kier molecular flexibility index (Phi) is 5.64. The maximum absolute atomic E-state index is 13.2. The van der Waals surface area contributed by atoms with Crippen molar-refractivity contribution in [2.45, 2.75) is 20.3 Å². The molecular formula is C19H19FN2O3. The van der Waals surface area contributed by atoms with Crippen LogP contribution in [0.25, 0.3) is 0 Å². The first-order valence-corrected chi connectivity index (χ1v) is 7.78. The third-order valence-electron chi connectivity index (χ3n) is 3.92. The Bertz CT molecular complexity index is 833. The zero-order valence-corrected chi connectivity index (χ0v) is 14.0. The maximum atomic E-state index is 13.2. The Morgan fingerprint density at radius 3 is 2.48 bits per heavy atom. The summed E-state index contributed by atoms with van der Waals surface area (Å²) in [6.07, 6.45) is -0.0599. The molecule has 0 bridgehead atoms. The normalized spacial score (nSPS) is 11.6. The molecule has 1 atom stereocenters. The summed E-state index contributed by atoms with van der Waals surface area (Å²) in [7, 11) is 0. The Hall–Kier alpha value is -3.02. The van der Waals surface area contributed by atoms with Gasteiger partial charge in [0.1, 0.15) is 5.82 Å². The average Bonchev–Trinajstić information content (AvgIpc) is 2.55. The first-order valence-electron chi connectivity index (χ1n) is 7.78. The molecule has 25 heavy (non-hydrogen) atoms. The number of ketones is 1. The van der Waals surface area contributed by atoms with E-state index in [9.17, 15) is 18.8 Å². The molecule has 2 aromatic carbocycles. The molecule has 1 unspecified atom stereocenters. The van der Waals surface area contributed by atoms with E-state index in [0.29, 0.717) is 16.8 Å². The van der Waals surface area contributed by atoms with Gasteiger partial charge in [-0.15, -0.1) is 0 Å². The van der Waals surface area contributed by atoms with Crippen LogP contribution in [0, 0.1) is 18.7 Å². The van der Waals surface area contributed by atoms with Gasteiger partial charge < -0.3 is 11.1 Å². The number of halogens is 1. The number of primary amides is 1. The molecule has 5 nitrogen and oxygen atoms in total. The number of benzene rings is 2. The monoisotopic (exact) mass is 342 g/mol. The van der Waals surface area contributed by atoms with E-state index < -0.39 is 17.6 Å². The number of hydrogen-bond acceptors (Lipinski definition) is 3. The van der Waals surface area contributed by atoms with E-state index >= 15 is 0 Å². The molecule has 6 heteroatoms. The van der Waals surface area contributed by atoms with Crippen LogP contribution in [0.5, 0.6) is 0 Å². The molecule has 0 heterocycles. The van der Waals surface area contributed by atoms with Gasteiger partial charge in [-0.1, -0.05) is 25.1 Å². The van der Waals surface area contributed by atoms with E-state index in [2.05, 4.69) is 5.32 Å². The predicted molar refractivity (Wildman–Crippen MR) is 92.8 cm³/mol. The molecular weight excluding hydrogens is 323 g/mol. The summed E-state index contributed by atoms with van der Waals surface area (Å²) < 4.78 is 13.2. The lowest BCUT2D eigenvalue weighted by atomic mass is 9.96. The first-order chi connectivity index (χ1) is 11.8. The van der Waals surface area contributed by atoms with Gasteiger partial charge in [-0.25, -0.2) is 4.39 Å². The number of rotatable bonds is 6. The van der Waals surface area contributed by atoms with E-state index in [-0.39, 0.29) is 23.7 Å². The molecule has 2 aromatic rings. The van der Waals surface area contributed by atoms with E-state index in [1.165, 1.54) is 18.2 Å². The first kappa shape index (κ1) is 18.3. The van der Waals surface area contributed by atoms with Gasteiger partial charge in [0.05, 0.1) is 0 Å². The smallest absolute Gasteiger partial charge is 0.249 e. The van der Waals surface area contributed by atoms with Crippen LogP contribution < -0.4 is 11.1 Å². The second-order valence-electron chi connectivity index (χ2n) is 5.87. The van der Waals surface area contributed by atoms with Gasteiger partial charge in [-0.05, 0) is 36.8 Å². The molecule has 3 N–H and O–H groups in total. The summed E-state index contributed by atoms with van der Waals surface area (Å²) in [5, 5.41) is 2.68. The average molecular weight is 342 g/mol. The summed E-state index contributed by atoms with van der Waals surface area (Å²) in [5.74, 6) is -2.37. The minimum absolute atomic E-state index is 0.0599.